The predicted molar refractivity (Wildman–Crippen MR) is 61.2 cm³/mol. The summed E-state index contributed by atoms with van der Waals surface area (Å²) < 4.78 is 5.01. The summed E-state index contributed by atoms with van der Waals surface area (Å²) >= 11 is 0. The van der Waals surface area contributed by atoms with Crippen molar-refractivity contribution in [3.05, 3.63) is 23.9 Å². The first-order valence-corrected chi connectivity index (χ1v) is 5.03. The van der Waals surface area contributed by atoms with Crippen LogP contribution in [0.4, 0.5) is 0 Å². The molecule has 1 amide bonds. The molecule has 0 saturated carbocycles. The van der Waals surface area contributed by atoms with Crippen LogP contribution in [0.1, 0.15) is 5.56 Å². The third-order valence-corrected chi connectivity index (χ3v) is 2.11. The number of carbonyl (C=O) groups excluding carboxylic acids is 1. The number of ether oxygens (including phenoxy) is 1. The number of pyridine rings is 1. The van der Waals surface area contributed by atoms with Crippen molar-refractivity contribution in [1.29, 1.82) is 0 Å². The molecule has 0 aliphatic rings. The van der Waals surface area contributed by atoms with Crippen molar-refractivity contribution in [3.8, 4) is 5.88 Å². The van der Waals surface area contributed by atoms with Gasteiger partial charge in [0.2, 0.25) is 11.8 Å². The monoisotopic (exact) mass is 223 g/mol. The predicted octanol–water partition coefficient (Wildman–Crippen LogP) is 0.268. The van der Waals surface area contributed by atoms with Crippen LogP contribution < -0.4 is 10.1 Å². The number of nitrogens with one attached hydrogen (secondary N) is 1. The third-order valence-electron chi connectivity index (χ3n) is 2.11. The molecule has 0 aromatic carbocycles. The van der Waals surface area contributed by atoms with Gasteiger partial charge >= 0.3 is 0 Å². The minimum absolute atomic E-state index is 0.0565. The Morgan fingerprint density at radius 1 is 1.56 bits per heavy atom. The summed E-state index contributed by atoms with van der Waals surface area (Å²) in [5.41, 5.74) is 1.04. The molecular weight excluding hydrogens is 206 g/mol. The first-order valence-electron chi connectivity index (χ1n) is 5.03. The van der Waals surface area contributed by atoms with Gasteiger partial charge in [-0.15, -0.1) is 0 Å². The number of carbonyl (C=O) groups is 1. The quantitative estimate of drug-likeness (QED) is 0.778. The molecule has 1 aromatic heterocycles. The summed E-state index contributed by atoms with van der Waals surface area (Å²) in [4.78, 5) is 16.8. The molecule has 0 aliphatic carbocycles. The van der Waals surface area contributed by atoms with E-state index in [-0.39, 0.29) is 5.91 Å². The van der Waals surface area contributed by atoms with E-state index in [1.165, 1.54) is 0 Å². The van der Waals surface area contributed by atoms with Crippen LogP contribution in [0, 0.1) is 0 Å². The second kappa shape index (κ2) is 6.07. The van der Waals surface area contributed by atoms with E-state index < -0.39 is 0 Å². The Balaban J connectivity index is 2.40. The van der Waals surface area contributed by atoms with Gasteiger partial charge in [0.15, 0.2) is 0 Å². The highest BCUT2D eigenvalue weighted by Gasteiger charge is 2.03. The largest absolute Gasteiger partial charge is 0.481 e. The van der Waals surface area contributed by atoms with E-state index in [1.54, 1.807) is 32.3 Å². The number of rotatable bonds is 5. The lowest BCUT2D eigenvalue weighted by Crippen LogP contribution is -2.32. The first kappa shape index (κ1) is 12.4. The van der Waals surface area contributed by atoms with Crippen LogP contribution in [0.25, 0.3) is 0 Å². The van der Waals surface area contributed by atoms with E-state index >= 15 is 0 Å². The van der Waals surface area contributed by atoms with E-state index in [9.17, 15) is 4.79 Å². The standard InChI is InChI=1S/C11H17N3O2/c1-14(2)11(15)8-12-7-9-4-5-13-10(6-9)16-3/h4-6,12H,7-8H2,1-3H3. The Kier molecular flexibility index (Phi) is 4.72. The zero-order chi connectivity index (χ0) is 12.0. The van der Waals surface area contributed by atoms with Crippen LogP contribution >= 0.6 is 0 Å². The maximum Gasteiger partial charge on any atom is 0.236 e. The number of hydrogen-bond donors (Lipinski definition) is 1. The fourth-order valence-corrected chi connectivity index (χ4v) is 1.14. The molecular formula is C11H17N3O2. The first-order chi connectivity index (χ1) is 7.63. The van der Waals surface area contributed by atoms with E-state index in [4.69, 9.17) is 4.74 Å². The van der Waals surface area contributed by atoms with Crippen molar-refractivity contribution in [2.75, 3.05) is 27.7 Å². The average molecular weight is 223 g/mol. The Morgan fingerprint density at radius 3 is 2.94 bits per heavy atom. The molecule has 0 bridgehead atoms. The van der Waals surface area contributed by atoms with Crippen LogP contribution in [0.5, 0.6) is 5.88 Å². The van der Waals surface area contributed by atoms with Crippen LogP contribution in [-0.2, 0) is 11.3 Å². The van der Waals surface area contributed by atoms with Crippen LogP contribution in [0.3, 0.4) is 0 Å². The number of aromatic nitrogens is 1. The summed E-state index contributed by atoms with van der Waals surface area (Å²) in [6.07, 6.45) is 1.68. The maximum atomic E-state index is 11.3. The fourth-order valence-electron chi connectivity index (χ4n) is 1.14. The molecule has 0 saturated heterocycles. The molecule has 16 heavy (non-hydrogen) atoms. The van der Waals surface area contributed by atoms with Gasteiger partial charge in [0.25, 0.3) is 0 Å². The molecule has 0 aliphatic heterocycles. The molecule has 1 rings (SSSR count). The Morgan fingerprint density at radius 2 is 2.31 bits per heavy atom. The SMILES string of the molecule is COc1cc(CNCC(=O)N(C)C)ccn1. The number of nitrogens with zero attached hydrogens (tertiary/aromatic N) is 2. The van der Waals surface area contributed by atoms with Gasteiger partial charge in [0, 0.05) is 32.9 Å². The van der Waals surface area contributed by atoms with Crippen molar-refractivity contribution in [3.63, 3.8) is 0 Å². The van der Waals surface area contributed by atoms with Gasteiger partial charge in [-0.25, -0.2) is 4.98 Å². The molecule has 1 aromatic rings. The summed E-state index contributed by atoms with van der Waals surface area (Å²) in [7, 11) is 5.05. The van der Waals surface area contributed by atoms with Crippen molar-refractivity contribution < 1.29 is 9.53 Å². The van der Waals surface area contributed by atoms with Crippen molar-refractivity contribution >= 4 is 5.91 Å². The highest BCUT2D eigenvalue weighted by Crippen LogP contribution is 2.07. The second-order valence-corrected chi connectivity index (χ2v) is 3.60. The Labute approximate surface area is 95.4 Å². The molecule has 0 fully saturated rings. The van der Waals surface area contributed by atoms with Crippen LogP contribution in [-0.4, -0.2) is 43.5 Å². The van der Waals surface area contributed by atoms with Gasteiger partial charge in [-0.1, -0.05) is 0 Å². The van der Waals surface area contributed by atoms with Crippen molar-refractivity contribution in [2.45, 2.75) is 6.54 Å². The van der Waals surface area contributed by atoms with Gasteiger partial charge in [-0.2, -0.15) is 0 Å². The summed E-state index contributed by atoms with van der Waals surface area (Å²) in [5, 5.41) is 3.06. The molecule has 88 valence electrons. The lowest BCUT2D eigenvalue weighted by molar-refractivity contribution is -0.127. The molecule has 0 atom stereocenters. The summed E-state index contributed by atoms with van der Waals surface area (Å²) in [5.74, 6) is 0.638. The molecule has 5 heteroatoms. The third kappa shape index (κ3) is 3.86. The minimum atomic E-state index is 0.0565. The maximum absolute atomic E-state index is 11.3. The van der Waals surface area contributed by atoms with E-state index in [1.807, 2.05) is 12.1 Å². The van der Waals surface area contributed by atoms with Crippen LogP contribution in [0.2, 0.25) is 0 Å². The zero-order valence-electron chi connectivity index (χ0n) is 9.86. The lowest BCUT2D eigenvalue weighted by Gasteiger charge is -2.11. The van der Waals surface area contributed by atoms with Crippen LogP contribution in [0.15, 0.2) is 18.3 Å². The number of likely N-dealkylation sites (N-methyl/N-ethyl adjacent to an activating group) is 1. The van der Waals surface area contributed by atoms with Gasteiger partial charge in [-0.05, 0) is 11.6 Å². The zero-order valence-corrected chi connectivity index (χ0v) is 9.86. The highest BCUT2D eigenvalue weighted by molar-refractivity contribution is 5.77. The topological polar surface area (TPSA) is 54.5 Å². The molecule has 1 heterocycles. The van der Waals surface area contributed by atoms with E-state index in [2.05, 4.69) is 10.3 Å². The fraction of sp³-hybridized carbons (Fsp3) is 0.455. The highest BCUT2D eigenvalue weighted by atomic mass is 16.5. The molecule has 1 N–H and O–H groups in total. The number of methoxy groups -OCH3 is 1. The normalized spacial score (nSPS) is 9.94. The minimum Gasteiger partial charge on any atom is -0.481 e. The van der Waals surface area contributed by atoms with Crippen molar-refractivity contribution in [2.24, 2.45) is 0 Å². The lowest BCUT2D eigenvalue weighted by atomic mass is 10.2. The molecule has 0 unspecified atom stereocenters. The number of hydrogen-bond acceptors (Lipinski definition) is 4. The molecule has 5 nitrogen and oxygen atoms in total. The Hall–Kier alpha value is -1.62. The number of amides is 1. The van der Waals surface area contributed by atoms with E-state index in [0.29, 0.717) is 19.0 Å². The smallest absolute Gasteiger partial charge is 0.236 e. The molecule has 0 radical (unpaired) electrons. The van der Waals surface area contributed by atoms with E-state index in [0.717, 1.165) is 5.56 Å². The van der Waals surface area contributed by atoms with Crippen molar-refractivity contribution in [1.82, 2.24) is 15.2 Å². The molecule has 0 spiro atoms. The average Bonchev–Trinajstić information content (AvgIpc) is 2.29. The van der Waals surface area contributed by atoms with Gasteiger partial charge in [0.1, 0.15) is 0 Å². The van der Waals surface area contributed by atoms with Gasteiger partial charge in [0.05, 0.1) is 13.7 Å². The summed E-state index contributed by atoms with van der Waals surface area (Å²) in [6.45, 7) is 0.954. The second-order valence-electron chi connectivity index (χ2n) is 3.60. The van der Waals surface area contributed by atoms with Gasteiger partial charge < -0.3 is 15.0 Å². The van der Waals surface area contributed by atoms with Gasteiger partial charge in [-0.3, -0.25) is 4.79 Å². The Bertz CT molecular complexity index is 353. The summed E-state index contributed by atoms with van der Waals surface area (Å²) in [6, 6.07) is 3.72.